The molecular weight excluding hydrogens is 444 g/mol. The molecule has 0 bridgehead atoms. The summed E-state index contributed by atoms with van der Waals surface area (Å²) in [5, 5.41) is 20.0. The molecular formula is C21H14BrClN2O3. The van der Waals surface area contributed by atoms with Gasteiger partial charge in [0.25, 0.3) is 0 Å². The van der Waals surface area contributed by atoms with Crippen LogP contribution in [0.25, 0.3) is 22.6 Å². The number of aryl methyl sites for hydroxylation is 1. The molecule has 0 aliphatic heterocycles. The molecule has 0 saturated heterocycles. The minimum atomic E-state index is -0.00118. The number of aliphatic imine (C=N–C) groups is 1. The van der Waals surface area contributed by atoms with E-state index >= 15 is 0 Å². The summed E-state index contributed by atoms with van der Waals surface area (Å²) < 4.78 is 6.36. The van der Waals surface area contributed by atoms with Crippen molar-refractivity contribution in [3.8, 4) is 23.0 Å². The van der Waals surface area contributed by atoms with Crippen molar-refractivity contribution in [1.82, 2.24) is 4.98 Å². The van der Waals surface area contributed by atoms with Gasteiger partial charge in [-0.2, -0.15) is 0 Å². The number of aromatic hydroxyl groups is 2. The van der Waals surface area contributed by atoms with Crippen LogP contribution in [-0.2, 0) is 0 Å². The van der Waals surface area contributed by atoms with Crippen LogP contribution >= 0.6 is 27.5 Å². The number of fused-ring (bicyclic) bond motifs is 1. The fourth-order valence-electron chi connectivity index (χ4n) is 2.76. The summed E-state index contributed by atoms with van der Waals surface area (Å²) in [5.74, 6) is 0.592. The van der Waals surface area contributed by atoms with Crippen molar-refractivity contribution >= 4 is 50.5 Å². The van der Waals surface area contributed by atoms with Gasteiger partial charge in [0.1, 0.15) is 17.0 Å². The van der Waals surface area contributed by atoms with E-state index in [1.165, 1.54) is 0 Å². The average molecular weight is 458 g/mol. The van der Waals surface area contributed by atoms with Crippen molar-refractivity contribution in [2.45, 2.75) is 6.92 Å². The summed E-state index contributed by atoms with van der Waals surface area (Å²) in [6, 6.07) is 13.9. The molecule has 0 spiro atoms. The first-order chi connectivity index (χ1) is 13.4. The molecule has 2 N–H and O–H groups in total. The second kappa shape index (κ2) is 7.30. The Bertz CT molecular complexity index is 1230. The van der Waals surface area contributed by atoms with Gasteiger partial charge in [0.2, 0.25) is 5.89 Å². The first kappa shape index (κ1) is 18.5. The molecule has 0 amide bonds. The molecule has 4 rings (SSSR count). The Morgan fingerprint density at radius 1 is 1.11 bits per heavy atom. The molecule has 0 saturated carbocycles. The highest BCUT2D eigenvalue weighted by Crippen LogP contribution is 2.32. The zero-order chi connectivity index (χ0) is 19.8. The number of rotatable bonds is 3. The largest absolute Gasteiger partial charge is 0.507 e. The third-order valence-electron chi connectivity index (χ3n) is 4.16. The number of phenols is 2. The number of hydrogen-bond donors (Lipinski definition) is 2. The average Bonchev–Trinajstić information content (AvgIpc) is 3.09. The molecule has 0 unspecified atom stereocenters. The Labute approximate surface area is 174 Å². The fourth-order valence-corrected chi connectivity index (χ4v) is 3.42. The number of aromatic nitrogens is 1. The highest BCUT2D eigenvalue weighted by Gasteiger charge is 2.11. The van der Waals surface area contributed by atoms with E-state index in [4.69, 9.17) is 16.0 Å². The van der Waals surface area contributed by atoms with Crippen molar-refractivity contribution < 1.29 is 14.6 Å². The van der Waals surface area contributed by atoms with E-state index in [9.17, 15) is 10.2 Å². The second-order valence-corrected chi connectivity index (χ2v) is 7.54. The summed E-state index contributed by atoms with van der Waals surface area (Å²) >= 11 is 9.30. The van der Waals surface area contributed by atoms with Crippen molar-refractivity contribution in [3.63, 3.8) is 0 Å². The molecule has 0 atom stereocenters. The highest BCUT2D eigenvalue weighted by atomic mass is 79.9. The van der Waals surface area contributed by atoms with Gasteiger partial charge >= 0.3 is 0 Å². The van der Waals surface area contributed by atoms with Crippen LogP contribution in [0.1, 0.15) is 11.1 Å². The zero-order valence-electron chi connectivity index (χ0n) is 14.6. The van der Waals surface area contributed by atoms with Gasteiger partial charge in [-0.05, 0) is 76.9 Å². The zero-order valence-corrected chi connectivity index (χ0v) is 17.0. The SMILES string of the molecule is Cc1cc(Cl)c(O)c(C=Nc2ccc3oc(-c4ccc(O)c(Br)c4)nc3c2)c1. The molecule has 0 aliphatic rings. The van der Waals surface area contributed by atoms with Gasteiger partial charge in [-0.15, -0.1) is 0 Å². The maximum absolute atomic E-state index is 10.1. The van der Waals surface area contributed by atoms with E-state index in [1.54, 1.807) is 54.7 Å². The number of benzene rings is 3. The molecule has 28 heavy (non-hydrogen) atoms. The third kappa shape index (κ3) is 3.61. The van der Waals surface area contributed by atoms with Crippen LogP contribution in [0.3, 0.4) is 0 Å². The minimum Gasteiger partial charge on any atom is -0.507 e. The predicted molar refractivity (Wildman–Crippen MR) is 114 cm³/mol. The molecule has 0 radical (unpaired) electrons. The first-order valence-corrected chi connectivity index (χ1v) is 9.50. The van der Waals surface area contributed by atoms with Crippen LogP contribution < -0.4 is 0 Å². The van der Waals surface area contributed by atoms with Gasteiger partial charge in [0, 0.05) is 17.3 Å². The van der Waals surface area contributed by atoms with E-state index in [0.717, 1.165) is 11.1 Å². The van der Waals surface area contributed by atoms with E-state index in [2.05, 4.69) is 25.9 Å². The molecule has 1 heterocycles. The Hall–Kier alpha value is -2.83. The van der Waals surface area contributed by atoms with Crippen molar-refractivity contribution in [3.05, 3.63) is 69.2 Å². The van der Waals surface area contributed by atoms with E-state index in [-0.39, 0.29) is 16.5 Å². The van der Waals surface area contributed by atoms with Gasteiger partial charge in [0.05, 0.1) is 15.2 Å². The lowest BCUT2D eigenvalue weighted by Crippen LogP contribution is -1.85. The first-order valence-electron chi connectivity index (χ1n) is 8.33. The number of hydrogen-bond acceptors (Lipinski definition) is 5. The molecule has 4 aromatic rings. The van der Waals surface area contributed by atoms with Gasteiger partial charge in [-0.25, -0.2) is 4.98 Å². The Balaban J connectivity index is 1.68. The van der Waals surface area contributed by atoms with Crippen molar-refractivity contribution in [1.29, 1.82) is 0 Å². The summed E-state index contributed by atoms with van der Waals surface area (Å²) in [7, 11) is 0. The molecule has 3 aromatic carbocycles. The van der Waals surface area contributed by atoms with Crippen LogP contribution in [0.5, 0.6) is 11.5 Å². The fraction of sp³-hybridized carbons (Fsp3) is 0.0476. The van der Waals surface area contributed by atoms with E-state index in [1.807, 2.05) is 6.92 Å². The molecule has 1 aromatic heterocycles. The normalized spacial score (nSPS) is 11.5. The molecule has 0 aliphatic carbocycles. The highest BCUT2D eigenvalue weighted by molar-refractivity contribution is 9.10. The Morgan fingerprint density at radius 3 is 2.71 bits per heavy atom. The quantitative estimate of drug-likeness (QED) is 0.350. The lowest BCUT2D eigenvalue weighted by molar-refractivity contribution is 0.472. The Morgan fingerprint density at radius 2 is 1.93 bits per heavy atom. The maximum Gasteiger partial charge on any atom is 0.227 e. The van der Waals surface area contributed by atoms with Crippen molar-refractivity contribution in [2.24, 2.45) is 4.99 Å². The topological polar surface area (TPSA) is 78.9 Å². The van der Waals surface area contributed by atoms with Crippen LogP contribution in [0.4, 0.5) is 5.69 Å². The molecule has 5 nitrogen and oxygen atoms in total. The predicted octanol–water partition coefficient (Wildman–Crippen LogP) is 6.38. The maximum atomic E-state index is 10.1. The number of phenolic OH excluding ortho intramolecular Hbond substituents is 2. The number of oxazole rings is 1. The van der Waals surface area contributed by atoms with Crippen molar-refractivity contribution in [2.75, 3.05) is 0 Å². The van der Waals surface area contributed by atoms with Gasteiger partial charge in [-0.3, -0.25) is 4.99 Å². The molecule has 7 heteroatoms. The second-order valence-electron chi connectivity index (χ2n) is 6.28. The molecule has 0 fully saturated rings. The van der Waals surface area contributed by atoms with Gasteiger partial charge in [0.15, 0.2) is 5.58 Å². The van der Waals surface area contributed by atoms with Crippen LogP contribution in [0.15, 0.2) is 62.4 Å². The van der Waals surface area contributed by atoms with Gasteiger partial charge in [-0.1, -0.05) is 11.6 Å². The summed E-state index contributed by atoms with van der Waals surface area (Å²) in [6.07, 6.45) is 1.56. The van der Waals surface area contributed by atoms with E-state index < -0.39 is 0 Å². The summed E-state index contributed by atoms with van der Waals surface area (Å²) in [5.41, 5.74) is 4.15. The van der Waals surface area contributed by atoms with Crippen LogP contribution in [-0.4, -0.2) is 21.4 Å². The minimum absolute atomic E-state index is 0.00118. The lowest BCUT2D eigenvalue weighted by atomic mass is 10.1. The summed E-state index contributed by atoms with van der Waals surface area (Å²) in [4.78, 5) is 8.91. The monoisotopic (exact) mass is 456 g/mol. The summed E-state index contributed by atoms with van der Waals surface area (Å²) in [6.45, 7) is 1.90. The van der Waals surface area contributed by atoms with Crippen LogP contribution in [0, 0.1) is 6.92 Å². The Kier molecular flexibility index (Phi) is 4.83. The smallest absolute Gasteiger partial charge is 0.227 e. The van der Waals surface area contributed by atoms with Crippen LogP contribution in [0.2, 0.25) is 5.02 Å². The number of nitrogens with zero attached hydrogens (tertiary/aromatic N) is 2. The lowest BCUT2D eigenvalue weighted by Gasteiger charge is -2.03. The van der Waals surface area contributed by atoms with Gasteiger partial charge < -0.3 is 14.6 Å². The van der Waals surface area contributed by atoms with E-state index in [0.29, 0.717) is 32.7 Å². The molecule has 140 valence electrons. The third-order valence-corrected chi connectivity index (χ3v) is 5.08. The standard InChI is InChI=1S/C21H14BrClN2O3/c1-11-6-13(20(27)16(23)7-11)10-24-14-3-5-19-17(9-14)25-21(28-19)12-2-4-18(26)15(22)8-12/h2-10,26-27H,1H3. The number of halogens is 2.